The summed E-state index contributed by atoms with van der Waals surface area (Å²) in [7, 11) is 0. The highest BCUT2D eigenvalue weighted by molar-refractivity contribution is 6.08. The summed E-state index contributed by atoms with van der Waals surface area (Å²) in [5, 5.41) is 4.41. The van der Waals surface area contributed by atoms with Gasteiger partial charge in [-0.15, -0.1) is 0 Å². The van der Waals surface area contributed by atoms with Crippen molar-refractivity contribution in [1.82, 2.24) is 4.98 Å². The number of aromatic nitrogens is 1. The molecular formula is C35H22N2O2. The Morgan fingerprint density at radius 2 is 0.872 bits per heavy atom. The molecule has 39 heavy (non-hydrogen) atoms. The maximum absolute atomic E-state index is 6.12. The van der Waals surface area contributed by atoms with E-state index in [9.17, 15) is 0 Å². The van der Waals surface area contributed by atoms with Gasteiger partial charge in [-0.2, -0.15) is 0 Å². The van der Waals surface area contributed by atoms with Gasteiger partial charge in [0.05, 0.1) is 0 Å². The smallest absolute Gasteiger partial charge is 0.135 e. The Balaban J connectivity index is 1.33. The Labute approximate surface area is 224 Å². The first kappa shape index (κ1) is 21.7. The van der Waals surface area contributed by atoms with E-state index in [0.717, 1.165) is 72.1 Å². The first-order chi connectivity index (χ1) is 19.3. The predicted octanol–water partition coefficient (Wildman–Crippen LogP) is 10.0. The normalized spacial score (nSPS) is 11.6. The lowest BCUT2D eigenvalue weighted by Gasteiger charge is -2.26. The molecule has 0 saturated carbocycles. The van der Waals surface area contributed by atoms with Crippen LogP contribution in [-0.2, 0) is 0 Å². The summed E-state index contributed by atoms with van der Waals surface area (Å²) in [5.74, 6) is 0. The molecule has 0 unspecified atom stereocenters. The average Bonchev–Trinajstić information content (AvgIpc) is 3.56. The van der Waals surface area contributed by atoms with Crippen molar-refractivity contribution < 1.29 is 8.83 Å². The molecule has 0 aliphatic carbocycles. The van der Waals surface area contributed by atoms with E-state index in [4.69, 9.17) is 8.83 Å². The number of para-hydroxylation sites is 2. The SMILES string of the molecule is c1ccc2c(c1)oc1ccc(N(c3ccc(-c4ccncc4)cc3)c3ccc4oc5ccccc5c4c3)cc12. The van der Waals surface area contributed by atoms with E-state index < -0.39 is 0 Å². The molecule has 184 valence electrons. The minimum absolute atomic E-state index is 0.879. The van der Waals surface area contributed by atoms with Crippen LogP contribution in [0.5, 0.6) is 0 Å². The van der Waals surface area contributed by atoms with Crippen molar-refractivity contribution in [2.24, 2.45) is 0 Å². The van der Waals surface area contributed by atoms with Crippen molar-refractivity contribution in [3.63, 3.8) is 0 Å². The molecule has 0 N–H and O–H groups in total. The van der Waals surface area contributed by atoms with Crippen LogP contribution in [0.1, 0.15) is 0 Å². The van der Waals surface area contributed by atoms with Gasteiger partial charge < -0.3 is 13.7 Å². The zero-order chi connectivity index (χ0) is 25.8. The van der Waals surface area contributed by atoms with E-state index in [-0.39, 0.29) is 0 Å². The molecule has 4 heteroatoms. The predicted molar refractivity (Wildman–Crippen MR) is 159 cm³/mol. The van der Waals surface area contributed by atoms with E-state index in [2.05, 4.69) is 94.8 Å². The first-order valence-electron chi connectivity index (χ1n) is 12.9. The minimum Gasteiger partial charge on any atom is -0.456 e. The fourth-order valence-electron chi connectivity index (χ4n) is 5.50. The van der Waals surface area contributed by atoms with E-state index in [1.54, 1.807) is 0 Å². The summed E-state index contributed by atoms with van der Waals surface area (Å²) >= 11 is 0. The summed E-state index contributed by atoms with van der Waals surface area (Å²) in [4.78, 5) is 6.45. The zero-order valence-electron chi connectivity index (χ0n) is 20.9. The van der Waals surface area contributed by atoms with Crippen LogP contribution >= 0.6 is 0 Å². The van der Waals surface area contributed by atoms with Crippen LogP contribution < -0.4 is 4.90 Å². The number of hydrogen-bond donors (Lipinski definition) is 0. The molecule has 0 radical (unpaired) electrons. The summed E-state index contributed by atoms with van der Waals surface area (Å²) in [6.07, 6.45) is 3.65. The van der Waals surface area contributed by atoms with Crippen molar-refractivity contribution in [2.45, 2.75) is 0 Å². The summed E-state index contributed by atoms with van der Waals surface area (Å²) in [5.41, 5.74) is 9.00. The fourth-order valence-corrected chi connectivity index (χ4v) is 5.50. The number of hydrogen-bond acceptors (Lipinski definition) is 4. The molecule has 0 fully saturated rings. The van der Waals surface area contributed by atoms with Crippen molar-refractivity contribution in [2.75, 3.05) is 4.90 Å². The molecule has 4 nitrogen and oxygen atoms in total. The Hall–Kier alpha value is -5.35. The number of furan rings is 2. The minimum atomic E-state index is 0.879. The Bertz CT molecular complexity index is 2010. The second kappa shape index (κ2) is 8.61. The Morgan fingerprint density at radius 1 is 0.410 bits per heavy atom. The molecule has 0 saturated heterocycles. The van der Waals surface area contributed by atoms with Crippen molar-refractivity contribution in [3.05, 3.63) is 134 Å². The van der Waals surface area contributed by atoms with Gasteiger partial charge in [0.1, 0.15) is 22.3 Å². The Morgan fingerprint density at radius 3 is 1.44 bits per heavy atom. The molecule has 0 atom stereocenters. The molecule has 0 aliphatic rings. The van der Waals surface area contributed by atoms with Gasteiger partial charge in [-0.1, -0.05) is 48.5 Å². The maximum atomic E-state index is 6.12. The highest BCUT2D eigenvalue weighted by Gasteiger charge is 2.17. The van der Waals surface area contributed by atoms with E-state index in [1.165, 1.54) is 0 Å². The second-order valence-corrected chi connectivity index (χ2v) is 9.68. The molecule has 3 heterocycles. The van der Waals surface area contributed by atoms with Crippen LogP contribution in [0.25, 0.3) is 55.0 Å². The number of rotatable bonds is 4. The van der Waals surface area contributed by atoms with Crippen molar-refractivity contribution >= 4 is 60.9 Å². The van der Waals surface area contributed by atoms with Gasteiger partial charge in [0.25, 0.3) is 0 Å². The van der Waals surface area contributed by atoms with Crippen LogP contribution in [0.2, 0.25) is 0 Å². The largest absolute Gasteiger partial charge is 0.456 e. The van der Waals surface area contributed by atoms with Crippen LogP contribution in [-0.4, -0.2) is 4.98 Å². The second-order valence-electron chi connectivity index (χ2n) is 9.68. The van der Waals surface area contributed by atoms with E-state index in [0.29, 0.717) is 0 Å². The third kappa shape index (κ3) is 3.57. The lowest BCUT2D eigenvalue weighted by molar-refractivity contribution is 0.668. The van der Waals surface area contributed by atoms with Gasteiger partial charge in [-0.25, -0.2) is 0 Å². The monoisotopic (exact) mass is 502 g/mol. The quantitative estimate of drug-likeness (QED) is 0.240. The summed E-state index contributed by atoms with van der Waals surface area (Å²) in [6.45, 7) is 0. The Kier molecular flexibility index (Phi) is 4.79. The van der Waals surface area contributed by atoms with Crippen molar-refractivity contribution in [3.8, 4) is 11.1 Å². The number of nitrogens with zero attached hydrogens (tertiary/aromatic N) is 2. The summed E-state index contributed by atoms with van der Waals surface area (Å²) < 4.78 is 12.2. The topological polar surface area (TPSA) is 42.4 Å². The third-order valence-electron chi connectivity index (χ3n) is 7.38. The molecule has 8 rings (SSSR count). The molecule has 0 aliphatic heterocycles. The number of anilines is 3. The molecular weight excluding hydrogens is 480 g/mol. The van der Waals surface area contributed by atoms with Crippen LogP contribution in [0, 0.1) is 0 Å². The highest BCUT2D eigenvalue weighted by atomic mass is 16.3. The molecule has 0 amide bonds. The van der Waals surface area contributed by atoms with Gasteiger partial charge in [0.2, 0.25) is 0 Å². The van der Waals surface area contributed by atoms with Gasteiger partial charge in [-0.05, 0) is 83.9 Å². The van der Waals surface area contributed by atoms with Gasteiger partial charge >= 0.3 is 0 Å². The lowest BCUT2D eigenvalue weighted by Crippen LogP contribution is -2.09. The molecule has 0 spiro atoms. The highest BCUT2D eigenvalue weighted by Crippen LogP contribution is 2.41. The lowest BCUT2D eigenvalue weighted by atomic mass is 10.1. The zero-order valence-corrected chi connectivity index (χ0v) is 20.9. The molecule has 5 aromatic carbocycles. The third-order valence-corrected chi connectivity index (χ3v) is 7.38. The van der Waals surface area contributed by atoms with Crippen LogP contribution in [0.3, 0.4) is 0 Å². The fraction of sp³-hybridized carbons (Fsp3) is 0. The average molecular weight is 503 g/mol. The van der Waals surface area contributed by atoms with Crippen molar-refractivity contribution in [1.29, 1.82) is 0 Å². The first-order valence-corrected chi connectivity index (χ1v) is 12.9. The standard InChI is InChI=1S/C35H22N2O2/c1-3-7-32-28(5-1)30-21-26(13-15-34(30)38-32)37(25-11-9-23(10-12-25)24-17-19-36-20-18-24)27-14-16-35-31(22-27)29-6-2-4-8-33(29)39-35/h1-22H. The molecule has 0 bridgehead atoms. The van der Waals surface area contributed by atoms with Crippen LogP contribution in [0.4, 0.5) is 17.1 Å². The number of pyridine rings is 1. The molecule has 8 aromatic rings. The molecule has 3 aromatic heterocycles. The van der Waals surface area contributed by atoms with Gasteiger partial charge in [-0.3, -0.25) is 4.98 Å². The van der Waals surface area contributed by atoms with Gasteiger partial charge in [0.15, 0.2) is 0 Å². The maximum Gasteiger partial charge on any atom is 0.135 e. The van der Waals surface area contributed by atoms with E-state index >= 15 is 0 Å². The number of benzene rings is 5. The van der Waals surface area contributed by atoms with E-state index in [1.807, 2.05) is 48.8 Å². The van der Waals surface area contributed by atoms with Gasteiger partial charge in [0, 0.05) is 51.0 Å². The number of fused-ring (bicyclic) bond motifs is 6. The summed E-state index contributed by atoms with van der Waals surface area (Å²) in [6, 6.07) is 41.9. The van der Waals surface area contributed by atoms with Crippen LogP contribution in [0.15, 0.2) is 143 Å².